The van der Waals surface area contributed by atoms with Crippen LogP contribution in [-0.2, 0) is 0 Å². The highest BCUT2D eigenvalue weighted by Gasteiger charge is 2.22. The Labute approximate surface area is 193 Å². The molecule has 0 spiro atoms. The summed E-state index contributed by atoms with van der Waals surface area (Å²) in [6.07, 6.45) is 4.40. The number of halogens is 1. The number of carbonyl (C=O) groups is 1. The molecule has 2 rings (SSSR count). The number of unbranched alkanes of at least 4 members (excludes halogenated alkanes) is 1. The number of hydrogen-bond donors (Lipinski definition) is 0. The molecule has 32 heavy (non-hydrogen) atoms. The predicted molar refractivity (Wildman–Crippen MR) is 130 cm³/mol. The molecule has 0 aliphatic heterocycles. The molecule has 0 saturated heterocycles. The van der Waals surface area contributed by atoms with Crippen LogP contribution in [0.4, 0.5) is 4.39 Å². The van der Waals surface area contributed by atoms with Crippen LogP contribution in [0.1, 0.15) is 66.9 Å². The van der Waals surface area contributed by atoms with Crippen LogP contribution in [0.3, 0.4) is 0 Å². The fraction of sp³-hybridized carbons (Fsp3) is 0.519. The minimum atomic E-state index is -0.239. The summed E-state index contributed by atoms with van der Waals surface area (Å²) in [6, 6.07) is 12.4. The predicted octanol–water partition coefficient (Wildman–Crippen LogP) is 5.90. The van der Waals surface area contributed by atoms with Crippen molar-refractivity contribution in [3.63, 3.8) is 0 Å². The summed E-state index contributed by atoms with van der Waals surface area (Å²) in [5, 5.41) is 0. The molecule has 4 nitrogen and oxygen atoms in total. The van der Waals surface area contributed by atoms with Crippen molar-refractivity contribution >= 4 is 5.91 Å². The van der Waals surface area contributed by atoms with Gasteiger partial charge in [-0.1, -0.05) is 44.0 Å². The van der Waals surface area contributed by atoms with Crippen LogP contribution in [-0.4, -0.2) is 56.0 Å². The van der Waals surface area contributed by atoms with Crippen molar-refractivity contribution in [1.29, 1.82) is 0 Å². The lowest BCUT2D eigenvalue weighted by atomic mass is 9.94. The Morgan fingerprint density at radius 1 is 1.03 bits per heavy atom. The molecule has 0 aromatic heterocycles. The summed E-state index contributed by atoms with van der Waals surface area (Å²) < 4.78 is 19.0. The van der Waals surface area contributed by atoms with E-state index in [1.165, 1.54) is 25.0 Å². The minimum absolute atomic E-state index is 0.0611. The number of benzene rings is 2. The molecular formula is C27H39FN2O2. The molecule has 0 saturated carbocycles. The average Bonchev–Trinajstić information content (AvgIpc) is 2.79. The molecule has 5 heteroatoms. The molecule has 0 bridgehead atoms. The van der Waals surface area contributed by atoms with Gasteiger partial charge >= 0.3 is 0 Å². The fourth-order valence-electron chi connectivity index (χ4n) is 4.08. The Morgan fingerprint density at radius 2 is 1.75 bits per heavy atom. The van der Waals surface area contributed by atoms with Gasteiger partial charge in [-0.15, -0.1) is 0 Å². The Morgan fingerprint density at radius 3 is 2.38 bits per heavy atom. The van der Waals surface area contributed by atoms with E-state index in [4.69, 9.17) is 4.74 Å². The largest absolute Gasteiger partial charge is 0.496 e. The first-order valence-electron chi connectivity index (χ1n) is 11.8. The molecule has 176 valence electrons. The van der Waals surface area contributed by atoms with E-state index in [-0.39, 0.29) is 17.6 Å². The van der Waals surface area contributed by atoms with Crippen molar-refractivity contribution in [3.8, 4) is 5.75 Å². The van der Waals surface area contributed by atoms with E-state index in [0.717, 1.165) is 43.6 Å². The summed E-state index contributed by atoms with van der Waals surface area (Å²) in [5.41, 5.74) is 2.65. The van der Waals surface area contributed by atoms with Crippen LogP contribution < -0.4 is 4.74 Å². The Kier molecular flexibility index (Phi) is 10.7. The lowest BCUT2D eigenvalue weighted by molar-refractivity contribution is 0.0779. The molecule has 0 aliphatic carbocycles. The highest BCUT2D eigenvalue weighted by atomic mass is 19.1. The second-order valence-corrected chi connectivity index (χ2v) is 8.62. The van der Waals surface area contributed by atoms with E-state index in [1.807, 2.05) is 44.3 Å². The van der Waals surface area contributed by atoms with Crippen molar-refractivity contribution in [3.05, 3.63) is 65.0 Å². The standard InChI is InChI=1S/C27H39FN2O2/c1-6-8-17-30(16-7-2)18-15-23(22-10-12-24(28)13-11-22)20-29(4)27(31)25-19-21(3)9-14-26(25)32-5/h9-14,19,23H,6-8,15-18,20H2,1-5H3. The zero-order valence-corrected chi connectivity index (χ0v) is 20.4. The maximum atomic E-state index is 13.6. The molecule has 0 aliphatic rings. The summed E-state index contributed by atoms with van der Waals surface area (Å²) in [6.45, 7) is 10.1. The number of amides is 1. The van der Waals surface area contributed by atoms with Gasteiger partial charge in [-0.2, -0.15) is 0 Å². The molecule has 0 radical (unpaired) electrons. The maximum absolute atomic E-state index is 13.6. The smallest absolute Gasteiger partial charge is 0.257 e. The van der Waals surface area contributed by atoms with Gasteiger partial charge < -0.3 is 14.5 Å². The first-order chi connectivity index (χ1) is 15.4. The third-order valence-corrected chi connectivity index (χ3v) is 5.93. The highest BCUT2D eigenvalue weighted by molar-refractivity contribution is 5.97. The van der Waals surface area contributed by atoms with Crippen LogP contribution in [0.5, 0.6) is 5.75 Å². The van der Waals surface area contributed by atoms with Crippen LogP contribution in [0, 0.1) is 12.7 Å². The van der Waals surface area contributed by atoms with Gasteiger partial charge in [0.25, 0.3) is 5.91 Å². The quantitative estimate of drug-likeness (QED) is 0.387. The normalized spacial score (nSPS) is 12.1. The number of hydrogen-bond acceptors (Lipinski definition) is 3. The third-order valence-electron chi connectivity index (χ3n) is 5.93. The van der Waals surface area contributed by atoms with Gasteiger partial charge in [0.15, 0.2) is 0 Å². The molecule has 0 fully saturated rings. The van der Waals surface area contributed by atoms with E-state index in [9.17, 15) is 9.18 Å². The van der Waals surface area contributed by atoms with Crippen molar-refractivity contribution in [2.24, 2.45) is 0 Å². The molecule has 2 aromatic carbocycles. The second-order valence-electron chi connectivity index (χ2n) is 8.62. The molecule has 0 N–H and O–H groups in total. The average molecular weight is 443 g/mol. The van der Waals surface area contributed by atoms with Crippen LogP contribution in [0.15, 0.2) is 42.5 Å². The maximum Gasteiger partial charge on any atom is 0.257 e. The molecular weight excluding hydrogens is 403 g/mol. The van der Waals surface area contributed by atoms with Gasteiger partial charge in [0.05, 0.1) is 12.7 Å². The van der Waals surface area contributed by atoms with Crippen LogP contribution in [0.2, 0.25) is 0 Å². The lowest BCUT2D eigenvalue weighted by Gasteiger charge is -2.28. The van der Waals surface area contributed by atoms with Crippen molar-refractivity contribution < 1.29 is 13.9 Å². The molecule has 1 atom stereocenters. The fourth-order valence-corrected chi connectivity index (χ4v) is 4.08. The van der Waals surface area contributed by atoms with E-state index in [0.29, 0.717) is 17.9 Å². The van der Waals surface area contributed by atoms with E-state index in [1.54, 1.807) is 12.0 Å². The van der Waals surface area contributed by atoms with Gasteiger partial charge in [-0.25, -0.2) is 4.39 Å². The number of likely N-dealkylation sites (N-methyl/N-ethyl adjacent to an activating group) is 1. The number of rotatable bonds is 13. The van der Waals surface area contributed by atoms with Gasteiger partial charge in [-0.3, -0.25) is 4.79 Å². The number of nitrogens with zero attached hydrogens (tertiary/aromatic N) is 2. The monoisotopic (exact) mass is 442 g/mol. The molecule has 1 unspecified atom stereocenters. The van der Waals surface area contributed by atoms with Crippen molar-refractivity contribution in [2.45, 2.75) is 52.4 Å². The summed E-state index contributed by atoms with van der Waals surface area (Å²) in [4.78, 5) is 17.5. The topological polar surface area (TPSA) is 32.8 Å². The molecule has 1 amide bonds. The van der Waals surface area contributed by atoms with E-state index >= 15 is 0 Å². The Bertz CT molecular complexity index is 838. The summed E-state index contributed by atoms with van der Waals surface area (Å²) >= 11 is 0. The number of methoxy groups -OCH3 is 1. The first kappa shape index (κ1) is 25.9. The molecule has 0 heterocycles. The van der Waals surface area contributed by atoms with Crippen molar-refractivity contribution in [1.82, 2.24) is 9.80 Å². The SMILES string of the molecule is CCCCN(CCC)CCC(CN(C)C(=O)c1cc(C)ccc1OC)c1ccc(F)cc1. The zero-order chi connectivity index (χ0) is 23.5. The summed E-state index contributed by atoms with van der Waals surface area (Å²) in [7, 11) is 3.42. The van der Waals surface area contributed by atoms with Crippen LogP contribution >= 0.6 is 0 Å². The lowest BCUT2D eigenvalue weighted by Crippen LogP contribution is -2.34. The number of carbonyl (C=O) groups excluding carboxylic acids is 1. The Balaban J connectivity index is 2.19. The van der Waals surface area contributed by atoms with Gasteiger partial charge in [0, 0.05) is 19.5 Å². The highest BCUT2D eigenvalue weighted by Crippen LogP contribution is 2.25. The number of ether oxygens (including phenoxy) is 1. The van der Waals surface area contributed by atoms with Crippen LogP contribution in [0.25, 0.3) is 0 Å². The van der Waals surface area contributed by atoms with Gasteiger partial charge in [0.2, 0.25) is 0 Å². The third kappa shape index (κ3) is 7.63. The Hall–Kier alpha value is -2.40. The first-order valence-corrected chi connectivity index (χ1v) is 11.8. The molecule has 2 aromatic rings. The van der Waals surface area contributed by atoms with Gasteiger partial charge in [-0.05, 0) is 75.6 Å². The van der Waals surface area contributed by atoms with E-state index < -0.39 is 0 Å². The van der Waals surface area contributed by atoms with E-state index in [2.05, 4.69) is 18.7 Å². The van der Waals surface area contributed by atoms with Gasteiger partial charge in [0.1, 0.15) is 11.6 Å². The summed E-state index contributed by atoms with van der Waals surface area (Å²) in [5.74, 6) is 0.409. The number of aryl methyl sites for hydroxylation is 1. The minimum Gasteiger partial charge on any atom is -0.496 e. The second kappa shape index (κ2) is 13.2. The zero-order valence-electron chi connectivity index (χ0n) is 20.4. The van der Waals surface area contributed by atoms with Crippen molar-refractivity contribution in [2.75, 3.05) is 40.3 Å².